The van der Waals surface area contributed by atoms with E-state index in [4.69, 9.17) is 16.6 Å². The number of hydrogen-bond acceptors (Lipinski definition) is 4. The molecule has 1 atom stereocenters. The van der Waals surface area contributed by atoms with Crippen molar-refractivity contribution < 1.29 is 5.11 Å². The van der Waals surface area contributed by atoms with Crippen LogP contribution in [0.25, 0.3) is 10.8 Å². The predicted molar refractivity (Wildman–Crippen MR) is 126 cm³/mol. The summed E-state index contributed by atoms with van der Waals surface area (Å²) in [5.74, 6) is 0.227. The molecule has 2 N–H and O–H groups in total. The van der Waals surface area contributed by atoms with Crippen LogP contribution < -0.4 is 5.32 Å². The van der Waals surface area contributed by atoms with Crippen LogP contribution in [-0.4, -0.2) is 34.2 Å². The van der Waals surface area contributed by atoms with Crippen LogP contribution in [0, 0.1) is 0 Å². The largest absolute Gasteiger partial charge is 0.390 e. The topological polar surface area (TPSA) is 44.6 Å². The van der Waals surface area contributed by atoms with E-state index in [9.17, 15) is 5.11 Å². The summed E-state index contributed by atoms with van der Waals surface area (Å²) in [6.07, 6.45) is 0.398. The quantitative estimate of drug-likeness (QED) is 0.514. The number of fused-ring (bicyclic) bond motifs is 3. The summed E-state index contributed by atoms with van der Waals surface area (Å²) in [6, 6.07) is 21.2. The maximum Gasteiger partial charge on any atom is 0.103 e. The third-order valence-corrected chi connectivity index (χ3v) is 6.44. The summed E-state index contributed by atoms with van der Waals surface area (Å²) < 4.78 is 0. The first-order chi connectivity index (χ1) is 13.9. The number of aliphatic hydroxyl groups is 1. The van der Waals surface area contributed by atoms with Crippen molar-refractivity contribution in [3.05, 3.63) is 71.8 Å². The Morgan fingerprint density at radius 1 is 1.10 bits per heavy atom. The number of anilines is 1. The second kappa shape index (κ2) is 8.39. The van der Waals surface area contributed by atoms with Gasteiger partial charge in [-0.2, -0.15) is 0 Å². The Morgan fingerprint density at radius 2 is 1.86 bits per heavy atom. The zero-order valence-corrected chi connectivity index (χ0v) is 18.2. The van der Waals surface area contributed by atoms with Gasteiger partial charge in [-0.05, 0) is 60.9 Å². The Hall–Kier alpha value is -2.01. The molecule has 5 heteroatoms. The molecule has 0 saturated carbocycles. The van der Waals surface area contributed by atoms with E-state index in [1.807, 2.05) is 12.1 Å². The highest BCUT2D eigenvalue weighted by atomic mass is 35.5. The predicted octanol–water partition coefficient (Wildman–Crippen LogP) is 5.73. The second-order valence-corrected chi connectivity index (χ2v) is 9.41. The number of benzene rings is 3. The lowest BCUT2D eigenvalue weighted by atomic mass is 9.86. The SMILES string of the molecule is CC1(C)Cc2c(ccc3ccccc23)C(Sc2ccc(NCC(O)CCl)cc2)=N1. The highest BCUT2D eigenvalue weighted by Crippen LogP contribution is 2.37. The summed E-state index contributed by atoms with van der Waals surface area (Å²) in [7, 11) is 0. The Bertz CT molecular complexity index is 1050. The Morgan fingerprint density at radius 3 is 2.62 bits per heavy atom. The number of thioether (sulfide) groups is 1. The summed E-state index contributed by atoms with van der Waals surface area (Å²) >= 11 is 7.35. The van der Waals surface area contributed by atoms with E-state index >= 15 is 0 Å². The molecule has 0 spiro atoms. The Labute approximate surface area is 181 Å². The van der Waals surface area contributed by atoms with Crippen LogP contribution in [0.2, 0.25) is 0 Å². The van der Waals surface area contributed by atoms with Gasteiger partial charge in [0, 0.05) is 22.7 Å². The number of hydrogen-bond donors (Lipinski definition) is 2. The van der Waals surface area contributed by atoms with E-state index < -0.39 is 6.10 Å². The number of nitrogens with zero attached hydrogens (tertiary/aromatic N) is 1. The van der Waals surface area contributed by atoms with Crippen LogP contribution in [0.5, 0.6) is 0 Å². The lowest BCUT2D eigenvalue weighted by Gasteiger charge is -2.29. The fraction of sp³-hybridized carbons (Fsp3) is 0.292. The lowest BCUT2D eigenvalue weighted by Crippen LogP contribution is -2.28. The molecule has 1 aliphatic rings. The van der Waals surface area contributed by atoms with Gasteiger partial charge in [0.1, 0.15) is 5.04 Å². The molecule has 3 aromatic rings. The van der Waals surface area contributed by atoms with Crippen molar-refractivity contribution in [2.45, 2.75) is 36.8 Å². The van der Waals surface area contributed by atoms with Crippen LogP contribution in [-0.2, 0) is 6.42 Å². The molecular weight excluding hydrogens is 400 g/mol. The van der Waals surface area contributed by atoms with E-state index in [-0.39, 0.29) is 11.4 Å². The molecule has 0 aliphatic carbocycles. The summed E-state index contributed by atoms with van der Waals surface area (Å²) in [5, 5.41) is 16.5. The molecule has 1 heterocycles. The normalized spacial score (nSPS) is 16.2. The third-order valence-electron chi connectivity index (χ3n) is 5.07. The molecule has 150 valence electrons. The number of aliphatic imine (C=N–C) groups is 1. The van der Waals surface area contributed by atoms with E-state index in [1.54, 1.807) is 11.8 Å². The molecule has 0 saturated heterocycles. The van der Waals surface area contributed by atoms with Gasteiger partial charge >= 0.3 is 0 Å². The lowest BCUT2D eigenvalue weighted by molar-refractivity contribution is 0.211. The molecule has 1 aliphatic heterocycles. The molecule has 3 aromatic carbocycles. The minimum atomic E-state index is -0.545. The maximum absolute atomic E-state index is 9.59. The van der Waals surface area contributed by atoms with Gasteiger partial charge in [-0.3, -0.25) is 4.99 Å². The number of alkyl halides is 1. The Kier molecular flexibility index (Phi) is 5.86. The fourth-order valence-corrected chi connectivity index (χ4v) is 4.85. The summed E-state index contributed by atoms with van der Waals surface area (Å²) in [6.45, 7) is 4.85. The first-order valence-corrected chi connectivity index (χ1v) is 11.2. The third kappa shape index (κ3) is 4.61. The monoisotopic (exact) mass is 424 g/mol. The maximum atomic E-state index is 9.59. The number of nitrogens with one attached hydrogen (secondary N) is 1. The Balaban J connectivity index is 1.60. The fourth-order valence-electron chi connectivity index (χ4n) is 3.65. The molecule has 0 fully saturated rings. The smallest absolute Gasteiger partial charge is 0.103 e. The van der Waals surface area contributed by atoms with E-state index in [0.717, 1.165) is 22.0 Å². The van der Waals surface area contributed by atoms with Crippen LogP contribution in [0.15, 0.2) is 70.6 Å². The van der Waals surface area contributed by atoms with Gasteiger partial charge in [-0.1, -0.05) is 48.2 Å². The molecule has 3 nitrogen and oxygen atoms in total. The highest BCUT2D eigenvalue weighted by molar-refractivity contribution is 8.14. The highest BCUT2D eigenvalue weighted by Gasteiger charge is 2.28. The van der Waals surface area contributed by atoms with E-state index in [1.165, 1.54) is 21.9 Å². The van der Waals surface area contributed by atoms with Gasteiger partial charge in [0.05, 0.1) is 17.5 Å². The van der Waals surface area contributed by atoms with Crippen molar-refractivity contribution in [1.82, 2.24) is 0 Å². The summed E-state index contributed by atoms with van der Waals surface area (Å²) in [5.41, 5.74) is 3.47. The van der Waals surface area contributed by atoms with Crippen molar-refractivity contribution in [2.75, 3.05) is 17.7 Å². The minimum absolute atomic E-state index is 0.126. The van der Waals surface area contributed by atoms with Crippen LogP contribution >= 0.6 is 23.4 Å². The van der Waals surface area contributed by atoms with Crippen molar-refractivity contribution >= 4 is 44.9 Å². The molecule has 0 amide bonds. The minimum Gasteiger partial charge on any atom is -0.390 e. The molecule has 29 heavy (non-hydrogen) atoms. The van der Waals surface area contributed by atoms with Crippen molar-refractivity contribution in [3.8, 4) is 0 Å². The van der Waals surface area contributed by atoms with Crippen molar-refractivity contribution in [1.29, 1.82) is 0 Å². The molecule has 1 unspecified atom stereocenters. The van der Waals surface area contributed by atoms with Crippen molar-refractivity contribution in [2.24, 2.45) is 4.99 Å². The molecular formula is C24H25ClN2OS. The van der Waals surface area contributed by atoms with Crippen LogP contribution in [0.1, 0.15) is 25.0 Å². The molecule has 0 aromatic heterocycles. The van der Waals surface area contributed by atoms with Gasteiger partial charge < -0.3 is 10.4 Å². The van der Waals surface area contributed by atoms with E-state index in [2.05, 4.69) is 67.7 Å². The molecule has 0 radical (unpaired) electrons. The first-order valence-electron chi connectivity index (χ1n) is 9.82. The van der Waals surface area contributed by atoms with Gasteiger partial charge in [0.25, 0.3) is 0 Å². The summed E-state index contributed by atoms with van der Waals surface area (Å²) in [4.78, 5) is 6.21. The van der Waals surface area contributed by atoms with Gasteiger partial charge in [-0.15, -0.1) is 11.6 Å². The van der Waals surface area contributed by atoms with Gasteiger partial charge in [-0.25, -0.2) is 0 Å². The van der Waals surface area contributed by atoms with Crippen LogP contribution in [0.3, 0.4) is 0 Å². The standard InChI is InChI=1S/C24H25ClN2OS/c1-24(2)13-22-20-6-4-3-5-16(20)7-12-21(22)23(27-24)29-19-10-8-17(9-11-19)26-15-18(28)14-25/h3-12,18,26,28H,13-15H2,1-2H3. The van der Waals surface area contributed by atoms with Crippen molar-refractivity contribution in [3.63, 3.8) is 0 Å². The number of aliphatic hydroxyl groups excluding tert-OH is 1. The zero-order chi connectivity index (χ0) is 20.4. The number of rotatable bonds is 5. The van der Waals surface area contributed by atoms with Gasteiger partial charge in [0.2, 0.25) is 0 Å². The average Bonchev–Trinajstić information content (AvgIpc) is 2.72. The molecule has 0 bridgehead atoms. The zero-order valence-electron chi connectivity index (χ0n) is 16.7. The average molecular weight is 425 g/mol. The number of halogens is 1. The molecule has 4 rings (SSSR count). The second-order valence-electron chi connectivity index (χ2n) is 8.03. The van der Waals surface area contributed by atoms with E-state index in [0.29, 0.717) is 6.54 Å². The van der Waals surface area contributed by atoms with Crippen LogP contribution in [0.4, 0.5) is 5.69 Å². The first kappa shape index (κ1) is 20.3. The van der Waals surface area contributed by atoms with Gasteiger partial charge in [0.15, 0.2) is 0 Å².